The molecule has 0 saturated heterocycles. The summed E-state index contributed by atoms with van der Waals surface area (Å²) >= 11 is 12.3. The number of amides is 2. The highest BCUT2D eigenvalue weighted by molar-refractivity contribution is 6.34. The first kappa shape index (κ1) is 32.1. The van der Waals surface area contributed by atoms with E-state index < -0.39 is 12.1 Å². The smallest absolute Gasteiger partial charge is 0.333 e. The molecule has 220 valence electrons. The molecule has 8 nitrogen and oxygen atoms in total. The molecule has 1 unspecified atom stereocenters. The molecule has 3 aromatic carbocycles. The van der Waals surface area contributed by atoms with E-state index in [4.69, 9.17) is 37.4 Å². The molecule has 0 heterocycles. The monoisotopic (exact) mass is 602 g/mol. The summed E-state index contributed by atoms with van der Waals surface area (Å²) in [5.41, 5.74) is 3.40. The van der Waals surface area contributed by atoms with Gasteiger partial charge in [-0.2, -0.15) is 0 Å². The van der Waals surface area contributed by atoms with Crippen LogP contribution in [0.5, 0.6) is 11.5 Å². The van der Waals surface area contributed by atoms with Crippen molar-refractivity contribution in [1.29, 1.82) is 0 Å². The number of methoxy groups -OCH3 is 1. The van der Waals surface area contributed by atoms with Crippen molar-refractivity contribution >= 4 is 40.9 Å². The van der Waals surface area contributed by atoms with Gasteiger partial charge in [-0.05, 0) is 85.8 Å². The van der Waals surface area contributed by atoms with Gasteiger partial charge in [0.25, 0.3) is 0 Å². The van der Waals surface area contributed by atoms with Crippen molar-refractivity contribution in [3.63, 3.8) is 0 Å². The number of anilines is 1. The number of rotatable bonds is 15. The van der Waals surface area contributed by atoms with Gasteiger partial charge in [0.2, 0.25) is 0 Å². The van der Waals surface area contributed by atoms with Crippen LogP contribution in [0.15, 0.2) is 60.7 Å². The number of nitrogens with one attached hydrogen (secondary N) is 1. The van der Waals surface area contributed by atoms with Gasteiger partial charge in [0, 0.05) is 29.6 Å². The average molecular weight is 604 g/mol. The molecule has 0 radical (unpaired) electrons. The molecule has 0 aliphatic carbocycles. The van der Waals surface area contributed by atoms with E-state index in [1.807, 2.05) is 49.4 Å². The number of ether oxygens (including phenoxy) is 3. The quantitative estimate of drug-likeness (QED) is 0.196. The minimum Gasteiger partial charge on any atom is -0.495 e. The lowest BCUT2D eigenvalue weighted by molar-refractivity contribution is -0.149. The number of hydrogen-bond donors (Lipinski definition) is 2. The molecule has 1 atom stereocenters. The summed E-state index contributed by atoms with van der Waals surface area (Å²) in [7, 11) is 1.56. The van der Waals surface area contributed by atoms with E-state index in [-0.39, 0.29) is 19.1 Å². The van der Waals surface area contributed by atoms with Gasteiger partial charge in [0.1, 0.15) is 18.1 Å². The Labute approximate surface area is 251 Å². The summed E-state index contributed by atoms with van der Waals surface area (Å²) in [6.07, 6.45) is 0.749. The number of urea groups is 1. The van der Waals surface area contributed by atoms with Crippen LogP contribution in [-0.2, 0) is 22.4 Å². The molecule has 0 saturated carbocycles. The van der Waals surface area contributed by atoms with E-state index in [0.29, 0.717) is 59.8 Å². The Kier molecular flexibility index (Phi) is 12.6. The van der Waals surface area contributed by atoms with Gasteiger partial charge in [-0.15, -0.1) is 0 Å². The van der Waals surface area contributed by atoms with Crippen LogP contribution < -0.4 is 14.8 Å². The van der Waals surface area contributed by atoms with Crippen LogP contribution in [0.1, 0.15) is 30.0 Å². The van der Waals surface area contributed by atoms with E-state index in [9.17, 15) is 14.7 Å². The lowest BCUT2D eigenvalue weighted by Gasteiger charge is -2.24. The van der Waals surface area contributed by atoms with Gasteiger partial charge < -0.3 is 29.5 Å². The highest BCUT2D eigenvalue weighted by Crippen LogP contribution is 2.26. The predicted octanol–water partition coefficient (Wildman–Crippen LogP) is 6.89. The van der Waals surface area contributed by atoms with Crippen LogP contribution in [0.25, 0.3) is 0 Å². The number of carboxylic acids is 1. The fraction of sp³-hybridized carbons (Fsp3) is 0.355. The zero-order chi connectivity index (χ0) is 29.8. The Bertz CT molecular complexity index is 1280. The standard InChI is InChI=1S/C31H36Cl2N2O6/c1-4-40-29(30(36)37)19-22-8-10-26(11-9-22)41-15-14-35(13-5-6-23-17-24(32)20-25(33)18-23)31(38)34-27-16-21(2)7-12-28(27)39-3/h7-12,16-18,20,29H,4-6,13-15,19H2,1-3H3,(H,34,38)(H,36,37). The van der Waals surface area contributed by atoms with Crippen LogP contribution in [0.2, 0.25) is 10.0 Å². The Morgan fingerprint density at radius 2 is 1.68 bits per heavy atom. The largest absolute Gasteiger partial charge is 0.495 e. The van der Waals surface area contributed by atoms with Gasteiger partial charge in [0.05, 0.1) is 19.3 Å². The zero-order valence-corrected chi connectivity index (χ0v) is 25.0. The fourth-order valence-corrected chi connectivity index (χ4v) is 4.86. The van der Waals surface area contributed by atoms with E-state index in [1.54, 1.807) is 37.1 Å². The maximum atomic E-state index is 13.3. The maximum Gasteiger partial charge on any atom is 0.333 e. The second-order valence-electron chi connectivity index (χ2n) is 9.48. The van der Waals surface area contributed by atoms with Crippen LogP contribution in [0.4, 0.5) is 10.5 Å². The normalized spacial score (nSPS) is 11.5. The summed E-state index contributed by atoms with van der Waals surface area (Å²) in [5.74, 6) is 0.196. The summed E-state index contributed by atoms with van der Waals surface area (Å²) < 4.78 is 16.6. The molecule has 0 aliphatic heterocycles. The number of aryl methyl sites for hydroxylation is 2. The van der Waals surface area contributed by atoms with Crippen LogP contribution in [0, 0.1) is 6.92 Å². The van der Waals surface area contributed by atoms with Crippen molar-refractivity contribution in [3.8, 4) is 11.5 Å². The lowest BCUT2D eigenvalue weighted by atomic mass is 10.1. The Morgan fingerprint density at radius 1 is 0.976 bits per heavy atom. The molecular weight excluding hydrogens is 567 g/mol. The number of carbonyl (C=O) groups excluding carboxylic acids is 1. The first-order chi connectivity index (χ1) is 19.7. The van der Waals surface area contributed by atoms with Crippen molar-refractivity contribution < 1.29 is 28.9 Å². The molecule has 0 aliphatic rings. The maximum absolute atomic E-state index is 13.3. The SMILES string of the molecule is CCOC(Cc1ccc(OCCN(CCCc2cc(Cl)cc(Cl)c2)C(=O)Nc2cc(C)ccc2OC)cc1)C(=O)O. The van der Waals surface area contributed by atoms with Crippen molar-refractivity contribution in [1.82, 2.24) is 4.90 Å². The van der Waals surface area contributed by atoms with Crippen molar-refractivity contribution in [3.05, 3.63) is 87.4 Å². The zero-order valence-electron chi connectivity index (χ0n) is 23.5. The third-order valence-corrected chi connectivity index (χ3v) is 6.75. The van der Waals surface area contributed by atoms with Crippen LogP contribution in [-0.4, -0.2) is 61.5 Å². The Hall–Kier alpha value is -3.46. The number of nitrogens with zero attached hydrogens (tertiary/aromatic N) is 1. The fourth-order valence-electron chi connectivity index (χ4n) is 4.29. The topological polar surface area (TPSA) is 97.3 Å². The number of halogens is 2. The molecular formula is C31H36Cl2N2O6. The van der Waals surface area contributed by atoms with Gasteiger partial charge in [-0.3, -0.25) is 0 Å². The summed E-state index contributed by atoms with van der Waals surface area (Å²) in [4.78, 5) is 26.4. The molecule has 0 fully saturated rings. The molecule has 0 aromatic heterocycles. The molecule has 0 bridgehead atoms. The highest BCUT2D eigenvalue weighted by Gasteiger charge is 2.18. The number of hydrogen-bond acceptors (Lipinski definition) is 5. The summed E-state index contributed by atoms with van der Waals surface area (Å²) in [6.45, 7) is 5.11. The number of aliphatic carboxylic acids is 1. The van der Waals surface area contributed by atoms with Gasteiger partial charge in [-0.1, -0.05) is 41.4 Å². The second-order valence-corrected chi connectivity index (χ2v) is 10.4. The second kappa shape index (κ2) is 16.1. The highest BCUT2D eigenvalue weighted by atomic mass is 35.5. The Balaban J connectivity index is 1.63. The van der Waals surface area contributed by atoms with Crippen LogP contribution >= 0.6 is 23.2 Å². The third-order valence-electron chi connectivity index (χ3n) is 6.32. The van der Waals surface area contributed by atoms with Crippen molar-refractivity contribution in [2.24, 2.45) is 0 Å². The molecule has 2 N–H and O–H groups in total. The van der Waals surface area contributed by atoms with E-state index in [1.165, 1.54) is 0 Å². The van der Waals surface area contributed by atoms with Crippen LogP contribution in [0.3, 0.4) is 0 Å². The van der Waals surface area contributed by atoms with E-state index in [0.717, 1.165) is 16.7 Å². The van der Waals surface area contributed by atoms with E-state index >= 15 is 0 Å². The summed E-state index contributed by atoms with van der Waals surface area (Å²) in [6, 6.07) is 18.0. The number of benzene rings is 3. The van der Waals surface area contributed by atoms with Gasteiger partial charge in [0.15, 0.2) is 6.10 Å². The predicted molar refractivity (Wildman–Crippen MR) is 162 cm³/mol. The van der Waals surface area contributed by atoms with Gasteiger partial charge in [-0.25, -0.2) is 9.59 Å². The average Bonchev–Trinajstić information content (AvgIpc) is 2.92. The minimum absolute atomic E-state index is 0.261. The summed E-state index contributed by atoms with van der Waals surface area (Å²) in [5, 5.41) is 13.4. The first-order valence-corrected chi connectivity index (χ1v) is 14.2. The molecule has 3 aromatic rings. The first-order valence-electron chi connectivity index (χ1n) is 13.4. The van der Waals surface area contributed by atoms with Gasteiger partial charge >= 0.3 is 12.0 Å². The number of carboxylic acid groups (broad SMARTS) is 1. The molecule has 2 amide bonds. The molecule has 41 heavy (non-hydrogen) atoms. The molecule has 10 heteroatoms. The molecule has 3 rings (SSSR count). The van der Waals surface area contributed by atoms with Crippen molar-refractivity contribution in [2.75, 3.05) is 38.7 Å². The number of carbonyl (C=O) groups is 2. The van der Waals surface area contributed by atoms with E-state index in [2.05, 4.69) is 5.32 Å². The third kappa shape index (κ3) is 10.5. The molecule has 0 spiro atoms. The van der Waals surface area contributed by atoms with Crippen molar-refractivity contribution in [2.45, 2.75) is 39.2 Å². The minimum atomic E-state index is -0.993. The lowest BCUT2D eigenvalue weighted by Crippen LogP contribution is -2.38. The Morgan fingerprint density at radius 3 is 2.32 bits per heavy atom.